The van der Waals surface area contributed by atoms with Gasteiger partial charge >= 0.3 is 0 Å². The van der Waals surface area contributed by atoms with Crippen molar-refractivity contribution in [3.8, 4) is 0 Å². The first-order valence-corrected chi connectivity index (χ1v) is 10.2. The van der Waals surface area contributed by atoms with Crippen molar-refractivity contribution in [2.45, 2.75) is 41.0 Å². The Kier molecular flexibility index (Phi) is 7.87. The van der Waals surface area contributed by atoms with Crippen LogP contribution in [0.1, 0.15) is 46.6 Å². The van der Waals surface area contributed by atoms with Gasteiger partial charge in [0.2, 0.25) is 0 Å². The van der Waals surface area contributed by atoms with Crippen LogP contribution < -0.4 is 4.90 Å². The molecule has 0 saturated carbocycles. The van der Waals surface area contributed by atoms with Crippen molar-refractivity contribution in [2.75, 3.05) is 19.0 Å². The van der Waals surface area contributed by atoms with Crippen molar-refractivity contribution in [2.24, 2.45) is 5.92 Å². The summed E-state index contributed by atoms with van der Waals surface area (Å²) in [5.74, 6) is 0.584. The van der Waals surface area contributed by atoms with Gasteiger partial charge in [-0.2, -0.15) is 0 Å². The first kappa shape index (κ1) is 21.8. The summed E-state index contributed by atoms with van der Waals surface area (Å²) in [6.07, 6.45) is 16.8. The van der Waals surface area contributed by atoms with Gasteiger partial charge in [0.15, 0.2) is 0 Å². The molecule has 1 aliphatic carbocycles. The van der Waals surface area contributed by atoms with Crippen LogP contribution in [0.3, 0.4) is 0 Å². The van der Waals surface area contributed by atoms with Gasteiger partial charge in [-0.1, -0.05) is 79.7 Å². The summed E-state index contributed by atoms with van der Waals surface area (Å²) in [6.45, 7) is 11.1. The number of benzene rings is 1. The maximum Gasteiger partial charge on any atom is 0.0361 e. The Hall–Kier alpha value is -2.54. The molecule has 0 fully saturated rings. The normalized spacial score (nSPS) is 15.1. The molecule has 0 aliphatic heterocycles. The number of allylic oxidation sites excluding steroid dienone is 11. The van der Waals surface area contributed by atoms with E-state index in [-0.39, 0.29) is 0 Å². The quantitative estimate of drug-likeness (QED) is 0.466. The lowest BCUT2D eigenvalue weighted by Gasteiger charge is -2.11. The number of anilines is 1. The Labute approximate surface area is 172 Å². The fourth-order valence-electron chi connectivity index (χ4n) is 3.20. The third-order valence-corrected chi connectivity index (χ3v) is 5.00. The minimum atomic E-state index is 0.584. The number of nitrogens with zero attached hydrogens (tertiary/aromatic N) is 1. The van der Waals surface area contributed by atoms with Gasteiger partial charge in [0.1, 0.15) is 0 Å². The molecule has 0 aromatic heterocycles. The molecule has 0 N–H and O–H groups in total. The molecule has 1 nitrogen and oxygen atoms in total. The summed E-state index contributed by atoms with van der Waals surface area (Å²) in [5, 5.41) is 0. The van der Waals surface area contributed by atoms with Crippen molar-refractivity contribution >= 4 is 11.8 Å². The van der Waals surface area contributed by atoms with E-state index in [0.717, 1.165) is 6.42 Å². The van der Waals surface area contributed by atoms with E-state index in [2.05, 4.69) is 120 Å². The molecule has 0 bridgehead atoms. The van der Waals surface area contributed by atoms with Crippen LogP contribution in [0.15, 0.2) is 88.6 Å². The lowest BCUT2D eigenvalue weighted by molar-refractivity contribution is 0.747. The van der Waals surface area contributed by atoms with Gasteiger partial charge in [-0.25, -0.2) is 0 Å². The van der Waals surface area contributed by atoms with Crippen molar-refractivity contribution in [3.05, 3.63) is 94.2 Å². The van der Waals surface area contributed by atoms with Gasteiger partial charge in [-0.15, -0.1) is 0 Å². The summed E-state index contributed by atoms with van der Waals surface area (Å²) < 4.78 is 0. The highest BCUT2D eigenvalue weighted by Gasteiger charge is 2.10. The minimum Gasteiger partial charge on any atom is -0.378 e. The van der Waals surface area contributed by atoms with E-state index in [1.807, 2.05) is 0 Å². The molecule has 0 radical (unpaired) electrons. The molecular formula is C27H35N. The third kappa shape index (κ3) is 6.27. The minimum absolute atomic E-state index is 0.584. The highest BCUT2D eigenvalue weighted by atomic mass is 15.1. The van der Waals surface area contributed by atoms with Crippen LogP contribution in [0.4, 0.5) is 5.69 Å². The number of rotatable bonds is 6. The van der Waals surface area contributed by atoms with Gasteiger partial charge in [0.05, 0.1) is 0 Å². The van der Waals surface area contributed by atoms with Crippen molar-refractivity contribution in [3.63, 3.8) is 0 Å². The maximum atomic E-state index is 2.36. The van der Waals surface area contributed by atoms with Crippen molar-refractivity contribution < 1.29 is 0 Å². The molecule has 1 aliphatic rings. The van der Waals surface area contributed by atoms with Gasteiger partial charge in [-0.3, -0.25) is 0 Å². The van der Waals surface area contributed by atoms with Crippen LogP contribution in [-0.2, 0) is 0 Å². The zero-order chi connectivity index (χ0) is 20.7. The zero-order valence-corrected chi connectivity index (χ0v) is 18.6. The van der Waals surface area contributed by atoms with Crippen LogP contribution in [-0.4, -0.2) is 14.1 Å². The first-order valence-electron chi connectivity index (χ1n) is 10.2. The molecule has 0 heterocycles. The smallest absolute Gasteiger partial charge is 0.0361 e. The molecule has 0 spiro atoms. The van der Waals surface area contributed by atoms with Crippen molar-refractivity contribution in [1.82, 2.24) is 0 Å². The average molecular weight is 374 g/mol. The summed E-state index contributed by atoms with van der Waals surface area (Å²) in [7, 11) is 4.13. The standard InChI is InChI=1S/C27H35N/c1-20(2)19-25(27-18-15-24(21(3)4)14-11-22(27)5)10-8-9-23-12-16-26(17-13-23)28(6)7/h8-13,15-19,21H,14H2,1-7H3. The largest absolute Gasteiger partial charge is 0.378 e. The van der Waals surface area contributed by atoms with Gasteiger partial charge < -0.3 is 4.90 Å². The van der Waals surface area contributed by atoms with E-state index in [1.165, 1.54) is 39.1 Å². The molecule has 0 saturated heterocycles. The summed E-state index contributed by atoms with van der Waals surface area (Å²) in [6, 6.07) is 8.63. The van der Waals surface area contributed by atoms with E-state index < -0.39 is 0 Å². The molecule has 0 unspecified atom stereocenters. The topological polar surface area (TPSA) is 3.24 Å². The van der Waals surface area contributed by atoms with E-state index in [9.17, 15) is 0 Å². The highest BCUT2D eigenvalue weighted by Crippen LogP contribution is 2.28. The Morgan fingerprint density at radius 1 is 1.04 bits per heavy atom. The summed E-state index contributed by atoms with van der Waals surface area (Å²) in [5.41, 5.74) is 9.14. The van der Waals surface area contributed by atoms with Gasteiger partial charge in [-0.05, 0) is 67.5 Å². The molecule has 1 aromatic rings. The van der Waals surface area contributed by atoms with Gasteiger partial charge in [0, 0.05) is 19.8 Å². The summed E-state index contributed by atoms with van der Waals surface area (Å²) >= 11 is 0. The second-order valence-electron chi connectivity index (χ2n) is 8.26. The fraction of sp³-hybridized carbons (Fsp3) is 0.333. The second-order valence-corrected chi connectivity index (χ2v) is 8.26. The number of hydrogen-bond donors (Lipinski definition) is 0. The monoisotopic (exact) mass is 373 g/mol. The Morgan fingerprint density at radius 2 is 1.71 bits per heavy atom. The van der Waals surface area contributed by atoms with Crippen LogP contribution in [0.5, 0.6) is 0 Å². The molecule has 1 heteroatoms. The molecule has 0 amide bonds. The van der Waals surface area contributed by atoms with Crippen LogP contribution in [0.25, 0.3) is 6.08 Å². The van der Waals surface area contributed by atoms with Gasteiger partial charge in [0.25, 0.3) is 0 Å². The Morgan fingerprint density at radius 3 is 2.29 bits per heavy atom. The third-order valence-electron chi connectivity index (χ3n) is 5.00. The number of hydrogen-bond acceptors (Lipinski definition) is 1. The SMILES string of the molecule is CC(C)=CC(=CC=Cc1ccc(N(C)C)cc1)C1=CC=C(C(C)C)CC=C1C. The van der Waals surface area contributed by atoms with E-state index in [4.69, 9.17) is 0 Å². The molecule has 1 aromatic carbocycles. The molecule has 0 atom stereocenters. The zero-order valence-electron chi connectivity index (χ0n) is 18.6. The molecule has 28 heavy (non-hydrogen) atoms. The lowest BCUT2D eigenvalue weighted by atomic mass is 9.96. The average Bonchev–Trinajstić information content (AvgIpc) is 2.83. The predicted molar refractivity (Wildman–Crippen MR) is 127 cm³/mol. The summed E-state index contributed by atoms with van der Waals surface area (Å²) in [4.78, 5) is 2.12. The fourth-order valence-corrected chi connectivity index (χ4v) is 3.20. The highest BCUT2D eigenvalue weighted by molar-refractivity contribution is 5.60. The van der Waals surface area contributed by atoms with Crippen LogP contribution in [0.2, 0.25) is 0 Å². The Balaban J connectivity index is 2.34. The predicted octanol–water partition coefficient (Wildman–Crippen LogP) is 7.52. The first-order chi connectivity index (χ1) is 13.3. The molecule has 148 valence electrons. The van der Waals surface area contributed by atoms with Crippen molar-refractivity contribution in [1.29, 1.82) is 0 Å². The molecule has 2 rings (SSSR count). The van der Waals surface area contributed by atoms with E-state index in [0.29, 0.717) is 5.92 Å². The van der Waals surface area contributed by atoms with E-state index >= 15 is 0 Å². The van der Waals surface area contributed by atoms with E-state index in [1.54, 1.807) is 0 Å². The Bertz CT molecular complexity index is 846. The van der Waals surface area contributed by atoms with Crippen LogP contribution in [0, 0.1) is 5.92 Å². The second kappa shape index (κ2) is 10.1. The van der Waals surface area contributed by atoms with Crippen LogP contribution >= 0.6 is 0 Å². The lowest BCUT2D eigenvalue weighted by Crippen LogP contribution is -2.07. The molecular weight excluding hydrogens is 338 g/mol. The maximum absolute atomic E-state index is 2.36.